The van der Waals surface area contributed by atoms with Crippen LogP contribution >= 0.6 is 0 Å². The number of para-hydroxylation sites is 1. The number of halogens is 3. The molecule has 1 aromatic carbocycles. The molecule has 1 heterocycles. The molecule has 1 fully saturated rings. The van der Waals surface area contributed by atoms with E-state index in [0.717, 1.165) is 31.7 Å². The van der Waals surface area contributed by atoms with Crippen molar-refractivity contribution >= 4 is 5.69 Å². The molecule has 0 spiro atoms. The molecule has 3 rings (SSSR count). The summed E-state index contributed by atoms with van der Waals surface area (Å²) in [5, 5.41) is 3.35. The number of fused-ring (bicyclic) bond motifs is 1. The zero-order chi connectivity index (χ0) is 14.9. The van der Waals surface area contributed by atoms with Crippen molar-refractivity contribution < 1.29 is 13.2 Å². The second-order valence-corrected chi connectivity index (χ2v) is 6.06. The van der Waals surface area contributed by atoms with E-state index in [0.29, 0.717) is 6.42 Å². The van der Waals surface area contributed by atoms with Crippen molar-refractivity contribution in [3.63, 3.8) is 0 Å². The molecule has 2 aliphatic rings. The minimum Gasteiger partial charge on any atom is -0.367 e. The van der Waals surface area contributed by atoms with Crippen LogP contribution in [0.5, 0.6) is 0 Å². The van der Waals surface area contributed by atoms with Gasteiger partial charge in [0.2, 0.25) is 0 Å². The SMILES string of the molecule is FC(F)(F)C1CCCC(N2CCNCc3ccccc32)C1. The molecule has 0 radical (unpaired) electrons. The van der Waals surface area contributed by atoms with Crippen LogP contribution in [0.15, 0.2) is 24.3 Å². The van der Waals surface area contributed by atoms with Crippen molar-refractivity contribution in [1.82, 2.24) is 5.32 Å². The maximum atomic E-state index is 13.0. The summed E-state index contributed by atoms with van der Waals surface area (Å²) < 4.78 is 39.1. The highest BCUT2D eigenvalue weighted by Crippen LogP contribution is 2.40. The minimum absolute atomic E-state index is 0.00595. The van der Waals surface area contributed by atoms with Gasteiger partial charge in [-0.1, -0.05) is 24.6 Å². The average molecular weight is 298 g/mol. The van der Waals surface area contributed by atoms with Crippen LogP contribution in [-0.4, -0.2) is 25.3 Å². The molecule has 1 aliphatic heterocycles. The standard InChI is InChI=1S/C16H21F3N2/c17-16(18,19)13-5-3-6-14(10-13)21-9-8-20-11-12-4-1-2-7-15(12)21/h1-2,4,7,13-14,20H,3,5-6,8-11H2. The molecule has 1 aliphatic carbocycles. The first-order valence-electron chi connectivity index (χ1n) is 7.67. The molecule has 5 heteroatoms. The van der Waals surface area contributed by atoms with Gasteiger partial charge in [0.15, 0.2) is 0 Å². The topological polar surface area (TPSA) is 15.3 Å². The highest BCUT2D eigenvalue weighted by molar-refractivity contribution is 5.55. The Kier molecular flexibility index (Phi) is 4.11. The maximum Gasteiger partial charge on any atom is 0.391 e. The van der Waals surface area contributed by atoms with E-state index in [1.165, 1.54) is 5.56 Å². The molecule has 2 atom stereocenters. The molecular formula is C16H21F3N2. The van der Waals surface area contributed by atoms with Crippen LogP contribution in [0.4, 0.5) is 18.9 Å². The third-order valence-corrected chi connectivity index (χ3v) is 4.70. The van der Waals surface area contributed by atoms with Crippen molar-refractivity contribution in [3.05, 3.63) is 29.8 Å². The summed E-state index contributed by atoms with van der Waals surface area (Å²) in [5.41, 5.74) is 2.29. The third-order valence-electron chi connectivity index (χ3n) is 4.70. The summed E-state index contributed by atoms with van der Waals surface area (Å²) in [7, 11) is 0. The summed E-state index contributed by atoms with van der Waals surface area (Å²) in [4.78, 5) is 2.20. The fourth-order valence-electron chi connectivity index (χ4n) is 3.61. The fraction of sp³-hybridized carbons (Fsp3) is 0.625. The summed E-state index contributed by atoms with van der Waals surface area (Å²) in [5.74, 6) is -1.14. The van der Waals surface area contributed by atoms with E-state index in [9.17, 15) is 13.2 Å². The number of hydrogen-bond donors (Lipinski definition) is 1. The molecule has 2 nitrogen and oxygen atoms in total. The average Bonchev–Trinajstić information content (AvgIpc) is 2.69. The Hall–Kier alpha value is -1.23. The first-order chi connectivity index (χ1) is 10.1. The van der Waals surface area contributed by atoms with Gasteiger partial charge in [0, 0.05) is 31.4 Å². The van der Waals surface area contributed by atoms with Gasteiger partial charge in [-0.15, -0.1) is 0 Å². The molecule has 0 amide bonds. The van der Waals surface area contributed by atoms with Gasteiger partial charge >= 0.3 is 6.18 Å². The number of hydrogen-bond acceptors (Lipinski definition) is 2. The lowest BCUT2D eigenvalue weighted by Gasteiger charge is -2.39. The maximum absolute atomic E-state index is 13.0. The smallest absolute Gasteiger partial charge is 0.367 e. The number of rotatable bonds is 1. The van der Waals surface area contributed by atoms with E-state index in [4.69, 9.17) is 0 Å². The lowest BCUT2D eigenvalue weighted by Crippen LogP contribution is -2.43. The van der Waals surface area contributed by atoms with E-state index in [1.807, 2.05) is 18.2 Å². The van der Waals surface area contributed by atoms with Crippen molar-refractivity contribution in [2.75, 3.05) is 18.0 Å². The summed E-state index contributed by atoms with van der Waals surface area (Å²) in [6, 6.07) is 8.07. The van der Waals surface area contributed by atoms with E-state index < -0.39 is 12.1 Å². The van der Waals surface area contributed by atoms with E-state index in [-0.39, 0.29) is 18.9 Å². The second-order valence-electron chi connectivity index (χ2n) is 6.06. The Bertz CT molecular complexity index is 487. The quantitative estimate of drug-likeness (QED) is 0.850. The summed E-state index contributed by atoms with van der Waals surface area (Å²) in [6.07, 6.45) is -2.00. The van der Waals surface area contributed by atoms with Crippen LogP contribution in [0.2, 0.25) is 0 Å². The first-order valence-corrected chi connectivity index (χ1v) is 7.67. The molecular weight excluding hydrogens is 277 g/mol. The van der Waals surface area contributed by atoms with E-state index >= 15 is 0 Å². The summed E-state index contributed by atoms with van der Waals surface area (Å²) in [6.45, 7) is 2.40. The molecule has 1 aromatic rings. The zero-order valence-electron chi connectivity index (χ0n) is 12.0. The molecule has 0 saturated heterocycles. The molecule has 116 valence electrons. The monoisotopic (exact) mass is 298 g/mol. The first kappa shape index (κ1) is 14.7. The fourth-order valence-corrected chi connectivity index (χ4v) is 3.61. The second kappa shape index (κ2) is 5.87. The molecule has 21 heavy (non-hydrogen) atoms. The van der Waals surface area contributed by atoms with Gasteiger partial charge < -0.3 is 10.2 Å². The van der Waals surface area contributed by atoms with Crippen molar-refractivity contribution in [1.29, 1.82) is 0 Å². The largest absolute Gasteiger partial charge is 0.391 e. The molecule has 1 saturated carbocycles. The van der Waals surface area contributed by atoms with Gasteiger partial charge in [-0.2, -0.15) is 13.2 Å². The predicted molar refractivity (Wildman–Crippen MR) is 77.3 cm³/mol. The Balaban J connectivity index is 1.82. The summed E-state index contributed by atoms with van der Waals surface area (Å²) >= 11 is 0. The van der Waals surface area contributed by atoms with Crippen LogP contribution in [0.1, 0.15) is 31.2 Å². The van der Waals surface area contributed by atoms with Gasteiger partial charge in [-0.05, 0) is 30.9 Å². The van der Waals surface area contributed by atoms with Crippen LogP contribution < -0.4 is 10.2 Å². The number of anilines is 1. The van der Waals surface area contributed by atoms with Crippen molar-refractivity contribution in [3.8, 4) is 0 Å². The number of alkyl halides is 3. The molecule has 0 bridgehead atoms. The molecule has 1 N–H and O–H groups in total. The Morgan fingerprint density at radius 3 is 2.76 bits per heavy atom. The molecule has 2 unspecified atom stereocenters. The van der Waals surface area contributed by atoms with E-state index in [2.05, 4.69) is 16.3 Å². The van der Waals surface area contributed by atoms with Gasteiger partial charge in [-0.25, -0.2) is 0 Å². The minimum atomic E-state index is -4.05. The van der Waals surface area contributed by atoms with Gasteiger partial charge in [0.1, 0.15) is 0 Å². The Labute approximate surface area is 123 Å². The highest BCUT2D eigenvalue weighted by atomic mass is 19.4. The van der Waals surface area contributed by atoms with E-state index in [1.54, 1.807) is 0 Å². The Morgan fingerprint density at radius 2 is 1.95 bits per heavy atom. The van der Waals surface area contributed by atoms with Gasteiger partial charge in [0.05, 0.1) is 5.92 Å². The van der Waals surface area contributed by atoms with Crippen LogP contribution in [0, 0.1) is 5.92 Å². The number of nitrogens with one attached hydrogen (secondary N) is 1. The highest BCUT2D eigenvalue weighted by Gasteiger charge is 2.43. The number of nitrogens with zero attached hydrogens (tertiary/aromatic N) is 1. The van der Waals surface area contributed by atoms with Crippen molar-refractivity contribution in [2.45, 2.75) is 44.4 Å². The zero-order valence-corrected chi connectivity index (χ0v) is 12.0. The van der Waals surface area contributed by atoms with Crippen LogP contribution in [0.25, 0.3) is 0 Å². The third kappa shape index (κ3) is 3.18. The normalized spacial score (nSPS) is 27.1. The van der Waals surface area contributed by atoms with Crippen LogP contribution in [-0.2, 0) is 6.54 Å². The lowest BCUT2D eigenvalue weighted by molar-refractivity contribution is -0.183. The van der Waals surface area contributed by atoms with Crippen LogP contribution in [0.3, 0.4) is 0 Å². The Morgan fingerprint density at radius 1 is 1.14 bits per heavy atom. The predicted octanol–water partition coefficient (Wildman–Crippen LogP) is 3.72. The van der Waals surface area contributed by atoms with Gasteiger partial charge in [-0.3, -0.25) is 0 Å². The lowest BCUT2D eigenvalue weighted by atomic mass is 9.84. The molecule has 0 aromatic heterocycles. The van der Waals surface area contributed by atoms with Gasteiger partial charge in [0.25, 0.3) is 0 Å². The van der Waals surface area contributed by atoms with Crippen molar-refractivity contribution in [2.24, 2.45) is 5.92 Å². The number of benzene rings is 1.